The Morgan fingerprint density at radius 1 is 1.15 bits per heavy atom. The molecule has 0 saturated carbocycles. The van der Waals surface area contributed by atoms with E-state index in [2.05, 4.69) is 4.98 Å². The van der Waals surface area contributed by atoms with Gasteiger partial charge in [-0.05, 0) is 56.9 Å². The number of likely N-dealkylation sites (N-methyl/N-ethyl adjacent to an activating group) is 1. The lowest BCUT2D eigenvalue weighted by Gasteiger charge is -2.22. The van der Waals surface area contributed by atoms with E-state index in [0.29, 0.717) is 23.2 Å². The smallest absolute Gasteiger partial charge is 0.260 e. The summed E-state index contributed by atoms with van der Waals surface area (Å²) in [7, 11) is 3.78. The van der Waals surface area contributed by atoms with E-state index in [9.17, 15) is 13.6 Å². The number of hydrogen-bond donors (Lipinski definition) is 0. The van der Waals surface area contributed by atoms with Crippen LogP contribution in [0.4, 0.5) is 13.9 Å². The number of fused-ring (bicyclic) bond motifs is 1. The minimum absolute atomic E-state index is 0.0710. The number of halogens is 3. The number of aryl methyl sites for hydroxylation is 1. The third kappa shape index (κ3) is 4.10. The van der Waals surface area contributed by atoms with Crippen LogP contribution >= 0.6 is 22.9 Å². The van der Waals surface area contributed by atoms with E-state index >= 15 is 0 Å². The number of aromatic nitrogens is 1. The SMILES string of the molecule is Cc1c(Cl)ccc2sc(N(CCN(C)C)C(=O)c3ccc(F)c(F)c3)nc12. The average Bonchev–Trinajstić information content (AvgIpc) is 3.05. The molecule has 0 radical (unpaired) electrons. The van der Waals surface area contributed by atoms with Gasteiger partial charge in [0.2, 0.25) is 0 Å². The average molecular weight is 410 g/mol. The maximum Gasteiger partial charge on any atom is 0.260 e. The first-order chi connectivity index (χ1) is 12.8. The molecule has 0 aliphatic carbocycles. The molecule has 0 N–H and O–H groups in total. The summed E-state index contributed by atoms with van der Waals surface area (Å²) >= 11 is 7.53. The molecule has 0 unspecified atom stereocenters. The van der Waals surface area contributed by atoms with Gasteiger partial charge in [0.15, 0.2) is 16.8 Å². The fourth-order valence-electron chi connectivity index (χ4n) is 2.57. The summed E-state index contributed by atoms with van der Waals surface area (Å²) in [5.74, 6) is -2.48. The van der Waals surface area contributed by atoms with Crippen molar-refractivity contribution in [1.29, 1.82) is 0 Å². The molecule has 0 saturated heterocycles. The van der Waals surface area contributed by atoms with Crippen molar-refractivity contribution in [3.63, 3.8) is 0 Å². The van der Waals surface area contributed by atoms with Gasteiger partial charge in [-0.1, -0.05) is 22.9 Å². The van der Waals surface area contributed by atoms with Gasteiger partial charge in [-0.15, -0.1) is 0 Å². The normalized spacial score (nSPS) is 11.4. The second kappa shape index (κ2) is 7.88. The third-order valence-corrected chi connectivity index (χ3v) is 5.60. The number of carbonyl (C=O) groups excluding carboxylic acids is 1. The Morgan fingerprint density at radius 3 is 2.56 bits per heavy atom. The Labute approximate surface area is 165 Å². The predicted octanol–water partition coefficient (Wildman–Crippen LogP) is 4.74. The van der Waals surface area contributed by atoms with E-state index in [4.69, 9.17) is 11.6 Å². The monoisotopic (exact) mass is 409 g/mol. The van der Waals surface area contributed by atoms with Crippen LogP contribution in [-0.2, 0) is 0 Å². The molecule has 1 heterocycles. The largest absolute Gasteiger partial charge is 0.308 e. The van der Waals surface area contributed by atoms with Gasteiger partial charge in [0, 0.05) is 23.7 Å². The summed E-state index contributed by atoms with van der Waals surface area (Å²) < 4.78 is 27.7. The van der Waals surface area contributed by atoms with Gasteiger partial charge >= 0.3 is 0 Å². The van der Waals surface area contributed by atoms with Crippen molar-refractivity contribution in [2.75, 3.05) is 32.1 Å². The molecular weight excluding hydrogens is 392 g/mol. The summed E-state index contributed by atoms with van der Waals surface area (Å²) in [6.45, 7) is 2.82. The van der Waals surface area contributed by atoms with Crippen molar-refractivity contribution >= 4 is 44.2 Å². The topological polar surface area (TPSA) is 36.4 Å². The number of hydrogen-bond acceptors (Lipinski definition) is 4. The highest BCUT2D eigenvalue weighted by Gasteiger charge is 2.23. The Hall–Kier alpha value is -2.09. The van der Waals surface area contributed by atoms with Gasteiger partial charge in [0.1, 0.15) is 0 Å². The molecule has 1 amide bonds. The van der Waals surface area contributed by atoms with Crippen molar-refractivity contribution in [2.45, 2.75) is 6.92 Å². The van der Waals surface area contributed by atoms with Crippen LogP contribution in [0, 0.1) is 18.6 Å². The third-order valence-electron chi connectivity index (χ3n) is 4.15. The molecule has 8 heteroatoms. The number of thiazole rings is 1. The molecule has 0 spiro atoms. The molecule has 3 aromatic rings. The molecule has 0 aliphatic heterocycles. The zero-order chi connectivity index (χ0) is 19.7. The minimum atomic E-state index is -1.06. The van der Waals surface area contributed by atoms with Crippen molar-refractivity contribution in [3.8, 4) is 0 Å². The fourth-order valence-corrected chi connectivity index (χ4v) is 3.78. The molecular formula is C19H18ClF2N3OS. The number of nitrogens with zero attached hydrogens (tertiary/aromatic N) is 3. The van der Waals surface area contributed by atoms with Gasteiger partial charge in [0.25, 0.3) is 5.91 Å². The van der Waals surface area contributed by atoms with Crippen LogP contribution in [0.5, 0.6) is 0 Å². The Balaban J connectivity index is 2.03. The summed E-state index contributed by atoms with van der Waals surface area (Å²) in [5.41, 5.74) is 1.64. The van der Waals surface area contributed by atoms with Crippen molar-refractivity contribution in [1.82, 2.24) is 9.88 Å². The van der Waals surface area contributed by atoms with Gasteiger partial charge in [-0.2, -0.15) is 0 Å². The van der Waals surface area contributed by atoms with Crippen molar-refractivity contribution < 1.29 is 13.6 Å². The molecule has 2 aromatic carbocycles. The van der Waals surface area contributed by atoms with Crippen molar-refractivity contribution in [3.05, 3.63) is 58.1 Å². The van der Waals surface area contributed by atoms with Crippen LogP contribution in [0.3, 0.4) is 0 Å². The number of amides is 1. The molecule has 27 heavy (non-hydrogen) atoms. The van der Waals surface area contributed by atoms with Crippen molar-refractivity contribution in [2.24, 2.45) is 0 Å². The molecule has 0 atom stereocenters. The highest BCUT2D eigenvalue weighted by molar-refractivity contribution is 7.22. The Kier molecular flexibility index (Phi) is 5.74. The maximum atomic E-state index is 13.6. The summed E-state index contributed by atoms with van der Waals surface area (Å²) in [5, 5.41) is 1.10. The molecule has 0 fully saturated rings. The maximum absolute atomic E-state index is 13.6. The standard InChI is InChI=1S/C19H18ClF2N3OS/c1-11-13(20)5-7-16-17(11)23-19(27-16)25(9-8-24(2)3)18(26)12-4-6-14(21)15(22)10-12/h4-7,10H,8-9H2,1-3H3. The second-order valence-corrected chi connectivity index (χ2v) is 7.82. The number of carbonyl (C=O) groups is 1. The first-order valence-corrected chi connectivity index (χ1v) is 9.44. The zero-order valence-electron chi connectivity index (χ0n) is 15.1. The summed E-state index contributed by atoms with van der Waals surface area (Å²) in [6, 6.07) is 6.80. The first kappa shape index (κ1) is 19.7. The van der Waals surface area contributed by atoms with E-state index < -0.39 is 17.5 Å². The minimum Gasteiger partial charge on any atom is -0.308 e. The highest BCUT2D eigenvalue weighted by atomic mass is 35.5. The summed E-state index contributed by atoms with van der Waals surface area (Å²) in [4.78, 5) is 21.0. The zero-order valence-corrected chi connectivity index (χ0v) is 16.7. The van der Waals surface area contributed by atoms with E-state index in [1.165, 1.54) is 22.3 Å². The van der Waals surface area contributed by atoms with Crippen LogP contribution < -0.4 is 4.90 Å². The Morgan fingerprint density at radius 2 is 1.89 bits per heavy atom. The van der Waals surface area contributed by atoms with Gasteiger partial charge < -0.3 is 4.90 Å². The number of rotatable bonds is 5. The quantitative estimate of drug-likeness (QED) is 0.610. The molecule has 142 valence electrons. The molecule has 0 bridgehead atoms. The van der Waals surface area contributed by atoms with Crippen LogP contribution in [0.1, 0.15) is 15.9 Å². The lowest BCUT2D eigenvalue weighted by molar-refractivity contribution is 0.0984. The van der Waals surface area contributed by atoms with E-state index in [0.717, 1.165) is 27.9 Å². The molecule has 0 aliphatic rings. The Bertz CT molecular complexity index is 1010. The first-order valence-electron chi connectivity index (χ1n) is 8.25. The van der Waals surface area contributed by atoms with Crippen LogP contribution in [-0.4, -0.2) is 43.0 Å². The lowest BCUT2D eigenvalue weighted by Crippen LogP contribution is -2.36. The van der Waals surface area contributed by atoms with Gasteiger partial charge in [-0.3, -0.25) is 9.69 Å². The number of benzene rings is 2. The highest BCUT2D eigenvalue weighted by Crippen LogP contribution is 2.34. The molecule has 3 rings (SSSR count). The van der Waals surface area contributed by atoms with Gasteiger partial charge in [-0.25, -0.2) is 13.8 Å². The van der Waals surface area contributed by atoms with Crippen LogP contribution in [0.15, 0.2) is 30.3 Å². The summed E-state index contributed by atoms with van der Waals surface area (Å²) in [6.07, 6.45) is 0. The van der Waals surface area contributed by atoms with Crippen LogP contribution in [0.2, 0.25) is 5.02 Å². The fraction of sp³-hybridized carbons (Fsp3) is 0.263. The van der Waals surface area contributed by atoms with E-state index in [1.54, 1.807) is 6.07 Å². The molecule has 4 nitrogen and oxygen atoms in total. The second-order valence-electron chi connectivity index (χ2n) is 6.40. The van der Waals surface area contributed by atoms with E-state index in [-0.39, 0.29) is 5.56 Å². The lowest BCUT2D eigenvalue weighted by atomic mass is 10.2. The van der Waals surface area contributed by atoms with Gasteiger partial charge in [0.05, 0.1) is 10.2 Å². The van der Waals surface area contributed by atoms with E-state index in [1.807, 2.05) is 32.0 Å². The number of anilines is 1. The van der Waals surface area contributed by atoms with Crippen LogP contribution in [0.25, 0.3) is 10.2 Å². The molecule has 1 aromatic heterocycles. The predicted molar refractivity (Wildman–Crippen MR) is 106 cm³/mol.